The number of anilines is 6. The summed E-state index contributed by atoms with van der Waals surface area (Å²) in [5.41, 5.74) is 30.9. The molecule has 0 bridgehead atoms. The predicted octanol–water partition coefficient (Wildman–Crippen LogP) is 25.5. The van der Waals surface area contributed by atoms with Gasteiger partial charge in [0.15, 0.2) is 0 Å². The molecule has 0 saturated heterocycles. The van der Waals surface area contributed by atoms with Gasteiger partial charge < -0.3 is 9.80 Å². The van der Waals surface area contributed by atoms with Gasteiger partial charge in [0.1, 0.15) is 0 Å². The van der Waals surface area contributed by atoms with Gasteiger partial charge in [0.05, 0.1) is 0 Å². The third kappa shape index (κ3) is 9.55. The second-order valence-electron chi connectivity index (χ2n) is 26.4. The summed E-state index contributed by atoms with van der Waals surface area (Å²) in [6, 6.07) is 126. The summed E-state index contributed by atoms with van der Waals surface area (Å²) in [5.74, 6) is 0. The van der Waals surface area contributed by atoms with Crippen molar-refractivity contribution < 1.29 is 0 Å². The fourth-order valence-corrected chi connectivity index (χ4v) is 15.5. The van der Waals surface area contributed by atoms with E-state index >= 15 is 0 Å². The van der Waals surface area contributed by atoms with E-state index in [9.17, 15) is 0 Å². The number of rotatable bonds is 12. The molecular weight excluding hydrogens is 1130 g/mol. The molecule has 0 saturated carbocycles. The fourth-order valence-electron chi connectivity index (χ4n) is 15.5. The van der Waals surface area contributed by atoms with Crippen LogP contribution < -0.4 is 9.80 Å². The quantitative estimate of drug-likeness (QED) is 0.113. The third-order valence-corrected chi connectivity index (χ3v) is 20.3. The van der Waals surface area contributed by atoms with E-state index in [0.29, 0.717) is 0 Å². The molecule has 0 aromatic heterocycles. The lowest BCUT2D eigenvalue weighted by molar-refractivity contribution is 0.660. The molecule has 0 fully saturated rings. The van der Waals surface area contributed by atoms with E-state index in [-0.39, 0.29) is 10.8 Å². The Morgan fingerprint density at radius 2 is 0.426 bits per heavy atom. The Kier molecular flexibility index (Phi) is 13.6. The van der Waals surface area contributed by atoms with Crippen molar-refractivity contribution in [2.45, 2.75) is 38.5 Å². The van der Waals surface area contributed by atoms with Crippen LogP contribution in [0, 0.1) is 0 Å². The van der Waals surface area contributed by atoms with Crippen LogP contribution in [0.2, 0.25) is 0 Å². The molecule has 17 rings (SSSR count). The maximum absolute atomic E-state index is 2.52. The van der Waals surface area contributed by atoms with Crippen molar-refractivity contribution in [3.8, 4) is 89.0 Å². The van der Waals surface area contributed by atoms with Crippen LogP contribution in [0.5, 0.6) is 0 Å². The zero-order valence-electron chi connectivity index (χ0n) is 53.2. The highest BCUT2D eigenvalue weighted by Gasteiger charge is 2.37. The second-order valence-corrected chi connectivity index (χ2v) is 26.4. The molecule has 2 heteroatoms. The molecule has 0 aliphatic heterocycles. The SMILES string of the molecule is CC1(C)c2ccccc2-c2ccc(-c3c4ccc(N(c5ccc(-c6ccccc6)cc5)c5ccc(-c6ccccc6)cc5)cc4c(-c4ccc5c(c4)C(C)(C)c4ccccc4-5)c4ccc(N(c5ccc(-c6ccccc6)cc5)c5ccc(-c6ccccc6)cc5)cc34)cc21. The summed E-state index contributed by atoms with van der Waals surface area (Å²) in [6.45, 7) is 9.60. The first-order valence-electron chi connectivity index (χ1n) is 32.9. The normalized spacial score (nSPS) is 13.1. The summed E-state index contributed by atoms with van der Waals surface area (Å²) < 4.78 is 0. The Balaban J connectivity index is 0.941. The van der Waals surface area contributed by atoms with Crippen molar-refractivity contribution in [3.63, 3.8) is 0 Å². The standard InChI is InChI=1S/C92H68N2/c1-91(2)85-31-19-17-29-77(85)79-53-41-69(57-87(79)91)89-81-55-51-76(94(73-47-37-67(38-48-73)63-25-13-7-14-26-63)74-49-39-68(40-50-74)64-27-15-8-16-28-64)60-84(81)90(70-42-54-80-78-30-18-20-32-86(78)92(3,4)88(80)58-70)82-56-52-75(59-83(82)89)93(71-43-33-65(34-44-71)61-21-9-5-10-22-61)72-45-35-66(36-46-72)62-23-11-6-12-24-62/h5-60H,1-4H3. The minimum atomic E-state index is -0.220. The zero-order valence-corrected chi connectivity index (χ0v) is 53.2. The number of benzene rings is 15. The van der Waals surface area contributed by atoms with Gasteiger partial charge in [0.25, 0.3) is 0 Å². The van der Waals surface area contributed by atoms with Crippen LogP contribution in [-0.2, 0) is 10.8 Å². The van der Waals surface area contributed by atoms with Crippen molar-refractivity contribution in [1.29, 1.82) is 0 Å². The lowest BCUT2D eigenvalue weighted by Gasteiger charge is -2.29. The van der Waals surface area contributed by atoms with Crippen molar-refractivity contribution >= 4 is 55.7 Å². The molecule has 0 amide bonds. The topological polar surface area (TPSA) is 6.48 Å². The Labute approximate surface area is 551 Å². The van der Waals surface area contributed by atoms with Gasteiger partial charge in [-0.1, -0.05) is 282 Å². The summed E-state index contributed by atoms with van der Waals surface area (Å²) in [6.07, 6.45) is 0. The monoisotopic (exact) mass is 1200 g/mol. The first kappa shape index (κ1) is 56.4. The van der Waals surface area contributed by atoms with Gasteiger partial charge in [-0.05, 0) is 218 Å². The average Bonchev–Trinajstić information content (AvgIpc) is 1.29. The molecule has 15 aromatic carbocycles. The molecule has 0 atom stereocenters. The van der Waals surface area contributed by atoms with Gasteiger partial charge in [0, 0.05) is 45.0 Å². The first-order valence-corrected chi connectivity index (χ1v) is 32.9. The van der Waals surface area contributed by atoms with Crippen LogP contribution >= 0.6 is 0 Å². The lowest BCUT2D eigenvalue weighted by atomic mass is 9.79. The number of fused-ring (bicyclic) bond motifs is 8. The van der Waals surface area contributed by atoms with Crippen molar-refractivity contribution in [3.05, 3.63) is 362 Å². The number of hydrogen-bond donors (Lipinski definition) is 0. The lowest BCUT2D eigenvalue weighted by Crippen LogP contribution is -2.15. The van der Waals surface area contributed by atoms with E-state index in [4.69, 9.17) is 0 Å². The van der Waals surface area contributed by atoms with Crippen LogP contribution in [0.4, 0.5) is 34.1 Å². The maximum Gasteiger partial charge on any atom is 0.0468 e. The van der Waals surface area contributed by atoms with Crippen LogP contribution in [0.25, 0.3) is 111 Å². The molecular formula is C92H68N2. The summed E-state index contributed by atoms with van der Waals surface area (Å²) in [4.78, 5) is 4.89. The summed E-state index contributed by atoms with van der Waals surface area (Å²) in [5, 5.41) is 4.73. The van der Waals surface area contributed by atoms with E-state index in [1.54, 1.807) is 0 Å². The largest absolute Gasteiger partial charge is 0.310 e. The highest BCUT2D eigenvalue weighted by Crippen LogP contribution is 2.55. The van der Waals surface area contributed by atoms with Gasteiger partial charge >= 0.3 is 0 Å². The Bertz CT molecular complexity index is 4860. The molecule has 0 radical (unpaired) electrons. The van der Waals surface area contributed by atoms with Gasteiger partial charge in [-0.2, -0.15) is 0 Å². The molecule has 0 spiro atoms. The molecule has 2 aliphatic rings. The third-order valence-electron chi connectivity index (χ3n) is 20.3. The fraction of sp³-hybridized carbons (Fsp3) is 0.0652. The maximum atomic E-state index is 2.52. The van der Waals surface area contributed by atoms with Crippen LogP contribution in [0.1, 0.15) is 49.9 Å². The Morgan fingerprint density at radius 3 is 0.734 bits per heavy atom. The second kappa shape index (κ2) is 22.7. The van der Waals surface area contributed by atoms with Crippen molar-refractivity contribution in [2.24, 2.45) is 0 Å². The van der Waals surface area contributed by atoms with Gasteiger partial charge in [0.2, 0.25) is 0 Å². The number of hydrogen-bond acceptors (Lipinski definition) is 2. The van der Waals surface area contributed by atoms with Crippen molar-refractivity contribution in [1.82, 2.24) is 0 Å². The minimum Gasteiger partial charge on any atom is -0.310 e. The smallest absolute Gasteiger partial charge is 0.0468 e. The highest BCUT2D eigenvalue weighted by molar-refractivity contribution is 6.23. The summed E-state index contributed by atoms with van der Waals surface area (Å²) >= 11 is 0. The van der Waals surface area contributed by atoms with Gasteiger partial charge in [-0.15, -0.1) is 0 Å². The van der Waals surface area contributed by atoms with E-state index in [1.165, 1.54) is 133 Å². The molecule has 0 heterocycles. The van der Waals surface area contributed by atoms with E-state index in [1.807, 2.05) is 0 Å². The number of nitrogens with zero attached hydrogens (tertiary/aromatic N) is 2. The first-order chi connectivity index (χ1) is 46.1. The van der Waals surface area contributed by atoms with E-state index < -0.39 is 0 Å². The summed E-state index contributed by atoms with van der Waals surface area (Å²) in [7, 11) is 0. The molecule has 446 valence electrons. The highest BCUT2D eigenvalue weighted by atomic mass is 15.1. The van der Waals surface area contributed by atoms with E-state index in [2.05, 4.69) is 377 Å². The van der Waals surface area contributed by atoms with Crippen molar-refractivity contribution in [2.75, 3.05) is 9.80 Å². The van der Waals surface area contributed by atoms with Gasteiger partial charge in [-0.3, -0.25) is 0 Å². The molecule has 94 heavy (non-hydrogen) atoms. The minimum absolute atomic E-state index is 0.220. The predicted molar refractivity (Wildman–Crippen MR) is 399 cm³/mol. The molecule has 0 unspecified atom stereocenters. The average molecular weight is 1200 g/mol. The van der Waals surface area contributed by atoms with E-state index in [0.717, 1.165) is 34.1 Å². The molecule has 2 aliphatic carbocycles. The van der Waals surface area contributed by atoms with Gasteiger partial charge in [-0.25, -0.2) is 0 Å². The van der Waals surface area contributed by atoms with Crippen LogP contribution in [0.15, 0.2) is 340 Å². The van der Waals surface area contributed by atoms with Crippen LogP contribution in [0.3, 0.4) is 0 Å². The Morgan fingerprint density at radius 1 is 0.181 bits per heavy atom. The van der Waals surface area contributed by atoms with Crippen LogP contribution in [-0.4, -0.2) is 0 Å². The molecule has 15 aromatic rings. The Hall–Kier alpha value is -11.6. The molecule has 0 N–H and O–H groups in total. The molecule has 2 nitrogen and oxygen atoms in total. The zero-order chi connectivity index (χ0) is 63.1.